The van der Waals surface area contributed by atoms with Crippen LogP contribution in [0.2, 0.25) is 0 Å². The molecule has 2 amide bonds. The first-order valence-corrected chi connectivity index (χ1v) is 20.7. The molecule has 6 heteroatoms. The van der Waals surface area contributed by atoms with Gasteiger partial charge in [-0.15, -0.1) is 0 Å². The highest BCUT2D eigenvalue weighted by Gasteiger charge is 2.06. The highest BCUT2D eigenvalue weighted by Crippen LogP contribution is 2.25. The van der Waals surface area contributed by atoms with Crippen molar-refractivity contribution in [3.8, 4) is 0 Å². The first-order valence-electron chi connectivity index (χ1n) is 20.7. The third-order valence-electron chi connectivity index (χ3n) is 9.98. The summed E-state index contributed by atoms with van der Waals surface area (Å²) in [4.78, 5) is 21.5. The summed E-state index contributed by atoms with van der Waals surface area (Å²) in [6.07, 6.45) is 41.3. The Kier molecular flexibility index (Phi) is 30.3. The average molecular weight is 671 g/mol. The van der Waals surface area contributed by atoms with Crippen LogP contribution in [0.1, 0.15) is 211 Å². The molecule has 0 aromatic heterocycles. The van der Waals surface area contributed by atoms with Gasteiger partial charge in [0, 0.05) is 30.8 Å². The van der Waals surface area contributed by atoms with Crippen LogP contribution in [0.4, 0.5) is 11.4 Å². The normalized spacial score (nSPS) is 11.2. The lowest BCUT2D eigenvalue weighted by atomic mass is 10.0. The molecule has 0 heterocycles. The fourth-order valence-corrected chi connectivity index (χ4v) is 6.89. The quantitative estimate of drug-likeness (QED) is 0.0415. The minimum Gasteiger partial charge on any atom is -0.398 e. The minimum atomic E-state index is -0.162. The van der Waals surface area contributed by atoms with Gasteiger partial charge in [-0.05, 0) is 49.8 Å². The molecule has 0 aliphatic heterocycles. The number of hydrogen-bond acceptors (Lipinski definition) is 4. The van der Waals surface area contributed by atoms with Crippen molar-refractivity contribution < 1.29 is 9.59 Å². The summed E-state index contributed by atoms with van der Waals surface area (Å²) in [5.74, 6) is -0.324. The van der Waals surface area contributed by atoms with Crippen molar-refractivity contribution in [3.05, 3.63) is 23.8 Å². The molecule has 0 unspecified atom stereocenters. The molecule has 1 aromatic carbocycles. The van der Waals surface area contributed by atoms with Crippen LogP contribution in [0.3, 0.4) is 0 Å². The molecular formula is C42H78N4O2. The van der Waals surface area contributed by atoms with E-state index in [9.17, 15) is 9.59 Å². The number of nitrogens with two attached hydrogens (primary N) is 3. The van der Waals surface area contributed by atoms with E-state index in [4.69, 9.17) is 17.2 Å². The third kappa shape index (κ3) is 28.7. The maximum Gasteiger partial charge on any atom is 0.217 e. The van der Waals surface area contributed by atoms with Crippen molar-refractivity contribution >= 4 is 23.2 Å². The zero-order chi connectivity index (χ0) is 34.8. The Morgan fingerprint density at radius 1 is 0.438 bits per heavy atom. The van der Waals surface area contributed by atoms with Crippen molar-refractivity contribution in [1.82, 2.24) is 0 Å². The summed E-state index contributed by atoms with van der Waals surface area (Å²) >= 11 is 0. The molecule has 48 heavy (non-hydrogen) atoms. The number of unbranched alkanes of at least 4 members (excludes halogenated alkanes) is 28. The van der Waals surface area contributed by atoms with E-state index >= 15 is 0 Å². The molecule has 0 atom stereocenters. The van der Waals surface area contributed by atoms with E-state index in [1.54, 1.807) is 0 Å². The third-order valence-corrected chi connectivity index (χ3v) is 9.98. The number of anilines is 2. The highest BCUT2D eigenvalue weighted by atomic mass is 16.1. The van der Waals surface area contributed by atoms with Crippen LogP contribution in [-0.4, -0.2) is 18.4 Å². The topological polar surface area (TPSA) is 124 Å². The molecule has 0 saturated carbocycles. The van der Waals surface area contributed by atoms with E-state index < -0.39 is 0 Å². The fraction of sp³-hybridized carbons (Fsp3) is 0.810. The Morgan fingerprint density at radius 2 is 0.750 bits per heavy atom. The molecule has 278 valence electrons. The van der Waals surface area contributed by atoms with Gasteiger partial charge in [-0.2, -0.15) is 0 Å². The van der Waals surface area contributed by atoms with Gasteiger partial charge >= 0.3 is 0 Å². The molecule has 0 aliphatic rings. The summed E-state index contributed by atoms with van der Waals surface area (Å²) in [5.41, 5.74) is 20.3. The van der Waals surface area contributed by atoms with E-state index in [1.165, 1.54) is 178 Å². The molecule has 0 aliphatic carbocycles. The lowest BCUT2D eigenvalue weighted by Crippen LogP contribution is -2.09. The van der Waals surface area contributed by atoms with Gasteiger partial charge in [-0.25, -0.2) is 0 Å². The number of nitrogen functional groups attached to an aromatic ring is 1. The lowest BCUT2D eigenvalue weighted by molar-refractivity contribution is -0.119. The van der Waals surface area contributed by atoms with Crippen molar-refractivity contribution in [2.75, 3.05) is 17.6 Å². The van der Waals surface area contributed by atoms with Gasteiger partial charge in [-0.1, -0.05) is 173 Å². The van der Waals surface area contributed by atoms with Crippen LogP contribution in [0.5, 0.6) is 0 Å². The zero-order valence-corrected chi connectivity index (χ0v) is 31.3. The van der Waals surface area contributed by atoms with E-state index in [1.807, 2.05) is 0 Å². The van der Waals surface area contributed by atoms with Gasteiger partial charge in [0.25, 0.3) is 0 Å². The molecule has 6 nitrogen and oxygen atoms in total. The van der Waals surface area contributed by atoms with Crippen molar-refractivity contribution in [3.63, 3.8) is 0 Å². The predicted octanol–water partition coefficient (Wildman–Crippen LogP) is 11.7. The van der Waals surface area contributed by atoms with Crippen LogP contribution >= 0.6 is 0 Å². The maximum absolute atomic E-state index is 10.8. The van der Waals surface area contributed by atoms with Gasteiger partial charge < -0.3 is 22.5 Å². The van der Waals surface area contributed by atoms with Gasteiger partial charge in [0.2, 0.25) is 11.8 Å². The fourth-order valence-electron chi connectivity index (χ4n) is 6.89. The Labute approximate surface area is 296 Å². The number of primary amides is 2. The number of hydrogen-bond donors (Lipinski definition) is 4. The van der Waals surface area contributed by atoms with E-state index in [0.29, 0.717) is 12.8 Å². The number of nitrogens with one attached hydrogen (secondary N) is 1. The van der Waals surface area contributed by atoms with Crippen molar-refractivity contribution in [1.29, 1.82) is 0 Å². The number of rotatable bonds is 37. The van der Waals surface area contributed by atoms with Gasteiger partial charge in [0.1, 0.15) is 0 Å². The first-order chi connectivity index (χ1) is 23.5. The Hall–Kier alpha value is -2.24. The van der Waals surface area contributed by atoms with Gasteiger partial charge in [-0.3, -0.25) is 9.59 Å². The number of carbonyl (C=O) groups is 2. The highest BCUT2D eigenvalue weighted by molar-refractivity contribution is 5.73. The Balaban J connectivity index is 1.92. The second kappa shape index (κ2) is 33.3. The Morgan fingerprint density at radius 3 is 1.10 bits per heavy atom. The summed E-state index contributed by atoms with van der Waals surface area (Å²) in [6, 6.07) is 6.36. The predicted molar refractivity (Wildman–Crippen MR) is 209 cm³/mol. The largest absolute Gasteiger partial charge is 0.398 e. The summed E-state index contributed by atoms with van der Waals surface area (Å²) < 4.78 is 0. The summed E-state index contributed by atoms with van der Waals surface area (Å²) in [6.45, 7) is 1.04. The first kappa shape index (κ1) is 43.8. The minimum absolute atomic E-state index is 0.162. The molecule has 0 radical (unpaired) electrons. The molecule has 0 saturated heterocycles. The second-order valence-electron chi connectivity index (χ2n) is 14.6. The summed E-state index contributed by atoms with van der Waals surface area (Å²) in [5, 5.41) is 3.70. The zero-order valence-electron chi connectivity index (χ0n) is 31.3. The van der Waals surface area contributed by atoms with Gasteiger partial charge in [0.05, 0.1) is 0 Å². The van der Waals surface area contributed by atoms with Crippen LogP contribution in [0.25, 0.3) is 0 Å². The maximum atomic E-state index is 10.8. The van der Waals surface area contributed by atoms with E-state index in [2.05, 4.69) is 23.5 Å². The molecule has 1 rings (SSSR count). The molecule has 0 fully saturated rings. The smallest absolute Gasteiger partial charge is 0.217 e. The van der Waals surface area contributed by atoms with Crippen molar-refractivity contribution in [2.24, 2.45) is 11.5 Å². The van der Waals surface area contributed by atoms with E-state index in [-0.39, 0.29) is 11.8 Å². The average Bonchev–Trinajstić information content (AvgIpc) is 3.06. The summed E-state index contributed by atoms with van der Waals surface area (Å²) in [7, 11) is 0. The van der Waals surface area contributed by atoms with Crippen LogP contribution in [0.15, 0.2) is 18.2 Å². The van der Waals surface area contributed by atoms with Crippen molar-refractivity contribution in [2.45, 2.75) is 212 Å². The molecule has 0 spiro atoms. The molecule has 7 N–H and O–H groups in total. The number of carbonyl (C=O) groups excluding carboxylic acids is 2. The number of amides is 2. The van der Waals surface area contributed by atoms with Crippen LogP contribution in [-0.2, 0) is 16.0 Å². The second-order valence-corrected chi connectivity index (χ2v) is 14.6. The Bertz CT molecular complexity index is 890. The van der Waals surface area contributed by atoms with Crippen LogP contribution in [0, 0.1) is 0 Å². The van der Waals surface area contributed by atoms with Gasteiger partial charge in [0.15, 0.2) is 0 Å². The monoisotopic (exact) mass is 671 g/mol. The number of benzene rings is 1. The molecule has 1 aromatic rings. The lowest BCUT2D eigenvalue weighted by Gasteiger charge is -2.14. The standard InChI is InChI=1S/C42H78N4O2/c43-39-33-31-34-40(46-37-30-26-22-18-14-10-6-2-5-9-13-17-21-25-29-36-42(45)48)38(39)32-27-23-19-15-11-7-3-1-4-8-12-16-20-24-28-35-41(44)47/h31,33-34,46H,1-30,32,35-37,43H2,(H2,44,47)(H2,45,48). The molecule has 0 bridgehead atoms. The van der Waals surface area contributed by atoms with Crippen LogP contribution < -0.4 is 22.5 Å². The SMILES string of the molecule is NC(=O)CCCCCCCCCCCCCCCCCNc1cccc(N)c1CCCCCCCCCCCCCCCCCC(N)=O. The molecular weight excluding hydrogens is 592 g/mol. The van der Waals surface area contributed by atoms with E-state index in [0.717, 1.165) is 44.3 Å².